The monoisotopic (exact) mass is 166 g/mol. The van der Waals surface area contributed by atoms with Crippen LogP contribution in [0.3, 0.4) is 0 Å². The minimum Gasteiger partial charge on any atom is -0.461 e. The van der Waals surface area contributed by atoms with Crippen molar-refractivity contribution in [2.45, 2.75) is 19.9 Å². The topological polar surface area (TPSA) is 26.3 Å². The standard InChI is InChI=1S/C10H12O2/c1-2-10(11)12-8-9-6-4-3-5-7-9/h3-7H,2,8H2,1H3/i1D,2D. The molecule has 0 bridgehead atoms. The Bertz CT molecular complexity index is 287. The van der Waals surface area contributed by atoms with Gasteiger partial charge in [-0.05, 0) is 5.56 Å². The van der Waals surface area contributed by atoms with E-state index in [1.54, 1.807) is 0 Å². The number of benzene rings is 1. The highest BCUT2D eigenvalue weighted by Gasteiger charge is 1.97. The third kappa shape index (κ3) is 2.74. The molecule has 0 N–H and O–H groups in total. The number of hydrogen-bond acceptors (Lipinski definition) is 2. The predicted molar refractivity (Wildman–Crippen MR) is 46.5 cm³/mol. The first kappa shape index (κ1) is 6.23. The molecule has 0 amide bonds. The summed E-state index contributed by atoms with van der Waals surface area (Å²) in [5, 5.41) is 0. The SMILES string of the molecule is [2H]CC([2H])C(=O)OCc1ccccc1. The van der Waals surface area contributed by atoms with Gasteiger partial charge in [0.1, 0.15) is 6.61 Å². The van der Waals surface area contributed by atoms with Gasteiger partial charge in [-0.15, -0.1) is 0 Å². The van der Waals surface area contributed by atoms with Gasteiger partial charge in [0, 0.05) is 9.14 Å². The van der Waals surface area contributed by atoms with Gasteiger partial charge in [-0.3, -0.25) is 4.79 Å². The van der Waals surface area contributed by atoms with E-state index < -0.39 is 12.4 Å². The molecule has 0 heterocycles. The van der Waals surface area contributed by atoms with Crippen molar-refractivity contribution in [2.75, 3.05) is 0 Å². The Morgan fingerprint density at radius 3 is 3.00 bits per heavy atom. The van der Waals surface area contributed by atoms with E-state index in [2.05, 4.69) is 0 Å². The van der Waals surface area contributed by atoms with Crippen molar-refractivity contribution in [3.63, 3.8) is 0 Å². The van der Waals surface area contributed by atoms with Crippen LogP contribution in [0.15, 0.2) is 30.3 Å². The molecule has 2 heteroatoms. The molecule has 0 aliphatic rings. The Hall–Kier alpha value is -1.31. The van der Waals surface area contributed by atoms with Gasteiger partial charge in [0.25, 0.3) is 0 Å². The van der Waals surface area contributed by atoms with Gasteiger partial charge < -0.3 is 4.74 Å². The summed E-state index contributed by atoms with van der Waals surface area (Å²) >= 11 is 0. The van der Waals surface area contributed by atoms with Crippen LogP contribution in [0, 0.1) is 0 Å². The Morgan fingerprint density at radius 2 is 2.33 bits per heavy atom. The zero-order chi connectivity index (χ0) is 10.4. The van der Waals surface area contributed by atoms with Crippen LogP contribution >= 0.6 is 0 Å². The first-order valence-electron chi connectivity index (χ1n) is 4.94. The van der Waals surface area contributed by atoms with Gasteiger partial charge >= 0.3 is 5.97 Å². The van der Waals surface area contributed by atoms with Crippen LogP contribution in [0.25, 0.3) is 0 Å². The van der Waals surface area contributed by atoms with E-state index in [1.807, 2.05) is 30.3 Å². The molecule has 12 heavy (non-hydrogen) atoms. The number of hydrogen-bond donors (Lipinski definition) is 0. The zero-order valence-corrected chi connectivity index (χ0v) is 6.69. The molecule has 0 aliphatic carbocycles. The van der Waals surface area contributed by atoms with E-state index >= 15 is 0 Å². The van der Waals surface area contributed by atoms with E-state index in [4.69, 9.17) is 7.48 Å². The van der Waals surface area contributed by atoms with Crippen LogP contribution in [0.2, 0.25) is 0 Å². The molecule has 1 aromatic rings. The highest BCUT2D eigenvalue weighted by Crippen LogP contribution is 2.00. The quantitative estimate of drug-likeness (QED) is 0.643. The number of rotatable bonds is 3. The van der Waals surface area contributed by atoms with E-state index in [0.29, 0.717) is 0 Å². The largest absolute Gasteiger partial charge is 0.461 e. The molecule has 1 unspecified atom stereocenters. The number of carbonyl (C=O) groups is 1. The van der Waals surface area contributed by atoms with E-state index in [-0.39, 0.29) is 13.5 Å². The lowest BCUT2D eigenvalue weighted by molar-refractivity contribution is -0.144. The van der Waals surface area contributed by atoms with Crippen molar-refractivity contribution in [1.82, 2.24) is 0 Å². The minimum absolute atomic E-state index is 0.176. The third-order valence-corrected chi connectivity index (χ3v) is 1.39. The summed E-state index contributed by atoms with van der Waals surface area (Å²) in [7, 11) is 0. The fraction of sp³-hybridized carbons (Fsp3) is 0.300. The molecule has 1 aromatic carbocycles. The smallest absolute Gasteiger partial charge is 0.305 e. The zero-order valence-electron chi connectivity index (χ0n) is 8.69. The Balaban J connectivity index is 2.38. The van der Waals surface area contributed by atoms with Gasteiger partial charge in [0.05, 0.1) is 0 Å². The first-order valence-corrected chi connectivity index (χ1v) is 3.66. The second kappa shape index (κ2) is 4.54. The molecular weight excluding hydrogens is 152 g/mol. The lowest BCUT2D eigenvalue weighted by atomic mass is 10.2. The fourth-order valence-electron chi connectivity index (χ4n) is 0.788. The van der Waals surface area contributed by atoms with Crippen LogP contribution in [-0.4, -0.2) is 5.97 Å². The Morgan fingerprint density at radius 1 is 1.58 bits per heavy atom. The van der Waals surface area contributed by atoms with E-state index in [9.17, 15) is 4.79 Å². The normalized spacial score (nSPS) is 14.3. The highest BCUT2D eigenvalue weighted by molar-refractivity contribution is 5.68. The summed E-state index contributed by atoms with van der Waals surface area (Å²) in [4.78, 5) is 11.0. The van der Waals surface area contributed by atoms with Crippen molar-refractivity contribution in [3.8, 4) is 0 Å². The van der Waals surface area contributed by atoms with Crippen molar-refractivity contribution >= 4 is 5.97 Å². The fourth-order valence-corrected chi connectivity index (χ4v) is 0.788. The van der Waals surface area contributed by atoms with Gasteiger partial charge in [0.15, 0.2) is 0 Å². The van der Waals surface area contributed by atoms with Gasteiger partial charge in [-0.2, -0.15) is 0 Å². The molecule has 0 saturated heterocycles. The molecule has 0 saturated carbocycles. The van der Waals surface area contributed by atoms with Crippen LogP contribution in [0.4, 0.5) is 0 Å². The lowest BCUT2D eigenvalue weighted by Gasteiger charge is -2.01. The molecule has 0 fully saturated rings. The van der Waals surface area contributed by atoms with Crippen LogP contribution in [0.5, 0.6) is 0 Å². The highest BCUT2D eigenvalue weighted by atomic mass is 16.5. The summed E-state index contributed by atoms with van der Waals surface area (Å²) in [6.07, 6.45) is -1.08. The van der Waals surface area contributed by atoms with E-state index in [0.717, 1.165) is 5.56 Å². The maximum Gasteiger partial charge on any atom is 0.305 e. The van der Waals surface area contributed by atoms with Gasteiger partial charge in [-0.1, -0.05) is 37.2 Å². The summed E-state index contributed by atoms with van der Waals surface area (Å²) in [6, 6.07) is 9.26. The maximum absolute atomic E-state index is 11.0. The van der Waals surface area contributed by atoms with Crippen molar-refractivity contribution in [1.29, 1.82) is 0 Å². The lowest BCUT2D eigenvalue weighted by Crippen LogP contribution is -2.01. The van der Waals surface area contributed by atoms with Crippen LogP contribution < -0.4 is 0 Å². The van der Waals surface area contributed by atoms with Crippen molar-refractivity contribution in [2.24, 2.45) is 0 Å². The van der Waals surface area contributed by atoms with Gasteiger partial charge in [0.2, 0.25) is 0 Å². The molecule has 2 nitrogen and oxygen atoms in total. The second-order valence-corrected chi connectivity index (χ2v) is 2.30. The second-order valence-electron chi connectivity index (χ2n) is 2.30. The molecule has 1 rings (SSSR count). The molecule has 1 atom stereocenters. The Kier molecular flexibility index (Phi) is 2.36. The molecular formula is C10H12O2. The van der Waals surface area contributed by atoms with Gasteiger partial charge in [-0.25, -0.2) is 0 Å². The van der Waals surface area contributed by atoms with Crippen LogP contribution in [-0.2, 0) is 16.1 Å². The summed E-state index contributed by atoms with van der Waals surface area (Å²) in [6.45, 7) is -0.0807. The molecule has 64 valence electrons. The Labute approximate surface area is 75.0 Å². The summed E-state index contributed by atoms with van der Waals surface area (Å²) in [5.41, 5.74) is 0.887. The average molecular weight is 166 g/mol. The molecule has 0 spiro atoms. The maximum atomic E-state index is 11.0. The van der Waals surface area contributed by atoms with Crippen molar-refractivity contribution in [3.05, 3.63) is 35.9 Å². The van der Waals surface area contributed by atoms with E-state index in [1.165, 1.54) is 0 Å². The number of esters is 1. The van der Waals surface area contributed by atoms with Crippen LogP contribution in [0.1, 0.15) is 21.6 Å². The third-order valence-electron chi connectivity index (χ3n) is 1.39. The van der Waals surface area contributed by atoms with Crippen molar-refractivity contribution < 1.29 is 12.3 Å². The summed E-state index contributed by atoms with van der Waals surface area (Å²) < 4.78 is 18.8. The first-order chi connectivity index (χ1) is 6.74. The molecule has 0 aromatic heterocycles. The predicted octanol–water partition coefficient (Wildman–Crippen LogP) is 2.14. The number of carbonyl (C=O) groups excluding carboxylic acids is 1. The average Bonchev–Trinajstić information content (AvgIpc) is 2.26. The number of ether oxygens (including phenoxy) is 1. The minimum atomic E-state index is -1.08. The summed E-state index contributed by atoms with van der Waals surface area (Å²) in [5.74, 6) is -0.635. The molecule has 0 radical (unpaired) electrons. The molecule has 0 aliphatic heterocycles.